The highest BCUT2D eigenvalue weighted by molar-refractivity contribution is 5.48. The van der Waals surface area contributed by atoms with E-state index in [1.807, 2.05) is 0 Å². The van der Waals surface area contributed by atoms with Crippen molar-refractivity contribution in [3.8, 4) is 0 Å². The fourth-order valence-electron chi connectivity index (χ4n) is 2.06. The quantitative estimate of drug-likeness (QED) is 0.659. The third kappa shape index (κ3) is 3.20. The van der Waals surface area contributed by atoms with Gasteiger partial charge >= 0.3 is 0 Å². The van der Waals surface area contributed by atoms with Gasteiger partial charge in [0, 0.05) is 37.6 Å². The van der Waals surface area contributed by atoms with Crippen LogP contribution in [0, 0.1) is 15.5 Å². The van der Waals surface area contributed by atoms with E-state index in [2.05, 4.69) is 12.2 Å². The Labute approximate surface area is 106 Å². The average Bonchev–Trinajstić information content (AvgIpc) is 2.38. The van der Waals surface area contributed by atoms with Gasteiger partial charge in [-0.25, -0.2) is 0 Å². The van der Waals surface area contributed by atoms with Crippen molar-refractivity contribution >= 4 is 11.4 Å². The molecule has 1 fully saturated rings. The highest BCUT2D eigenvalue weighted by Crippen LogP contribution is 2.30. The van der Waals surface area contributed by atoms with Crippen molar-refractivity contribution in [3.05, 3.63) is 34.4 Å². The molecule has 1 N–H and O–H groups in total. The fraction of sp³-hybridized carbons (Fsp3) is 0.538. The van der Waals surface area contributed by atoms with Gasteiger partial charge in [-0.2, -0.15) is 0 Å². The highest BCUT2D eigenvalue weighted by atomic mass is 16.6. The number of rotatable bonds is 4. The van der Waals surface area contributed by atoms with Crippen LogP contribution in [0.4, 0.5) is 11.4 Å². The summed E-state index contributed by atoms with van der Waals surface area (Å²) in [5.74, 6) is 0. The SMILES string of the molecule is CC1(CNc2ccc([N+](=O)[O-])cc2)CCOCC1. The summed E-state index contributed by atoms with van der Waals surface area (Å²) in [6.45, 7) is 4.75. The Morgan fingerprint density at radius 3 is 2.50 bits per heavy atom. The largest absolute Gasteiger partial charge is 0.384 e. The number of nitrogens with one attached hydrogen (secondary N) is 1. The predicted octanol–water partition coefficient (Wildman–Crippen LogP) is 2.82. The van der Waals surface area contributed by atoms with Gasteiger partial charge < -0.3 is 10.1 Å². The third-order valence-electron chi connectivity index (χ3n) is 3.50. The number of nitro groups is 1. The molecule has 18 heavy (non-hydrogen) atoms. The number of non-ortho nitro benzene ring substituents is 1. The first-order valence-electron chi connectivity index (χ1n) is 6.15. The number of ether oxygens (including phenoxy) is 1. The van der Waals surface area contributed by atoms with Crippen LogP contribution in [0.1, 0.15) is 19.8 Å². The monoisotopic (exact) mass is 250 g/mol. The van der Waals surface area contributed by atoms with E-state index in [0.29, 0.717) is 0 Å². The number of nitro benzene ring substituents is 1. The molecule has 0 aromatic heterocycles. The van der Waals surface area contributed by atoms with Crippen LogP contribution >= 0.6 is 0 Å². The van der Waals surface area contributed by atoms with Crippen molar-refractivity contribution in [1.29, 1.82) is 0 Å². The molecule has 0 unspecified atom stereocenters. The maximum atomic E-state index is 10.5. The number of benzene rings is 1. The van der Waals surface area contributed by atoms with Crippen LogP contribution in [0.3, 0.4) is 0 Å². The molecule has 0 spiro atoms. The minimum atomic E-state index is -0.385. The molecular formula is C13H18N2O3. The van der Waals surface area contributed by atoms with Gasteiger partial charge in [0.05, 0.1) is 4.92 Å². The van der Waals surface area contributed by atoms with Crippen molar-refractivity contribution in [2.75, 3.05) is 25.1 Å². The van der Waals surface area contributed by atoms with E-state index in [1.165, 1.54) is 12.1 Å². The van der Waals surface area contributed by atoms with Gasteiger partial charge in [0.15, 0.2) is 0 Å². The van der Waals surface area contributed by atoms with Gasteiger partial charge in [0.1, 0.15) is 0 Å². The Balaban J connectivity index is 1.91. The zero-order chi connectivity index (χ0) is 13.0. The van der Waals surface area contributed by atoms with Gasteiger partial charge in [0.25, 0.3) is 5.69 Å². The maximum absolute atomic E-state index is 10.5. The van der Waals surface area contributed by atoms with Gasteiger partial charge in [-0.05, 0) is 30.4 Å². The summed E-state index contributed by atoms with van der Waals surface area (Å²) in [5.41, 5.74) is 1.30. The first-order chi connectivity index (χ1) is 8.59. The molecule has 1 aliphatic rings. The molecule has 2 rings (SSSR count). The van der Waals surface area contributed by atoms with Crippen molar-refractivity contribution in [2.24, 2.45) is 5.41 Å². The van der Waals surface area contributed by atoms with Crippen molar-refractivity contribution in [3.63, 3.8) is 0 Å². The lowest BCUT2D eigenvalue weighted by molar-refractivity contribution is -0.384. The highest BCUT2D eigenvalue weighted by Gasteiger charge is 2.26. The maximum Gasteiger partial charge on any atom is 0.269 e. The average molecular weight is 250 g/mol. The Hall–Kier alpha value is -1.62. The Morgan fingerprint density at radius 2 is 1.94 bits per heavy atom. The Morgan fingerprint density at radius 1 is 1.33 bits per heavy atom. The van der Waals surface area contributed by atoms with Gasteiger partial charge in [-0.1, -0.05) is 6.92 Å². The molecule has 98 valence electrons. The lowest BCUT2D eigenvalue weighted by Gasteiger charge is -2.33. The molecule has 0 saturated carbocycles. The molecular weight excluding hydrogens is 232 g/mol. The summed E-state index contributed by atoms with van der Waals surface area (Å²) in [7, 11) is 0. The molecule has 0 bridgehead atoms. The third-order valence-corrected chi connectivity index (χ3v) is 3.50. The van der Waals surface area contributed by atoms with Crippen molar-refractivity contribution < 1.29 is 9.66 Å². The molecule has 0 atom stereocenters. The van der Waals surface area contributed by atoms with Crippen LogP contribution in [0.5, 0.6) is 0 Å². The lowest BCUT2D eigenvalue weighted by atomic mass is 9.82. The van der Waals surface area contributed by atoms with Crippen LogP contribution in [0.25, 0.3) is 0 Å². The topological polar surface area (TPSA) is 64.4 Å². The molecule has 1 saturated heterocycles. The summed E-state index contributed by atoms with van der Waals surface area (Å²) in [5, 5.41) is 13.9. The molecule has 0 aliphatic carbocycles. The summed E-state index contributed by atoms with van der Waals surface area (Å²) < 4.78 is 5.36. The first-order valence-corrected chi connectivity index (χ1v) is 6.15. The normalized spacial score (nSPS) is 18.3. The predicted molar refractivity (Wildman–Crippen MR) is 69.7 cm³/mol. The van der Waals surface area contributed by atoms with E-state index < -0.39 is 0 Å². The molecule has 1 aliphatic heterocycles. The van der Waals surface area contributed by atoms with Crippen LogP contribution in [0.2, 0.25) is 0 Å². The lowest BCUT2D eigenvalue weighted by Crippen LogP contribution is -2.33. The summed E-state index contributed by atoms with van der Waals surface area (Å²) in [4.78, 5) is 10.2. The van der Waals surface area contributed by atoms with Gasteiger partial charge in [-0.3, -0.25) is 10.1 Å². The van der Waals surface area contributed by atoms with Gasteiger partial charge in [-0.15, -0.1) is 0 Å². The molecule has 0 radical (unpaired) electrons. The summed E-state index contributed by atoms with van der Waals surface area (Å²) in [6.07, 6.45) is 2.10. The fourth-order valence-corrected chi connectivity index (χ4v) is 2.06. The molecule has 5 heteroatoms. The minimum Gasteiger partial charge on any atom is -0.384 e. The van der Waals surface area contributed by atoms with E-state index >= 15 is 0 Å². The number of anilines is 1. The number of hydrogen-bond acceptors (Lipinski definition) is 4. The van der Waals surface area contributed by atoms with Crippen molar-refractivity contribution in [1.82, 2.24) is 0 Å². The van der Waals surface area contributed by atoms with E-state index in [4.69, 9.17) is 4.74 Å². The minimum absolute atomic E-state index is 0.123. The zero-order valence-corrected chi connectivity index (χ0v) is 10.5. The molecule has 1 aromatic rings. The summed E-state index contributed by atoms with van der Waals surface area (Å²) >= 11 is 0. The zero-order valence-electron chi connectivity index (χ0n) is 10.5. The van der Waals surface area contributed by atoms with Crippen molar-refractivity contribution in [2.45, 2.75) is 19.8 Å². The molecule has 1 heterocycles. The van der Waals surface area contributed by atoms with Gasteiger partial charge in [0.2, 0.25) is 0 Å². The number of nitrogens with zero attached hydrogens (tertiary/aromatic N) is 1. The van der Waals surface area contributed by atoms with E-state index in [0.717, 1.165) is 38.3 Å². The van der Waals surface area contributed by atoms with E-state index in [1.54, 1.807) is 12.1 Å². The Bertz CT molecular complexity index is 411. The van der Waals surface area contributed by atoms with Crippen LogP contribution in [-0.4, -0.2) is 24.7 Å². The smallest absolute Gasteiger partial charge is 0.269 e. The Kier molecular flexibility index (Phi) is 3.81. The molecule has 5 nitrogen and oxygen atoms in total. The second kappa shape index (κ2) is 5.35. The summed E-state index contributed by atoms with van der Waals surface area (Å²) in [6, 6.07) is 6.55. The molecule has 0 amide bonds. The van der Waals surface area contributed by atoms with Crippen LogP contribution in [0.15, 0.2) is 24.3 Å². The second-order valence-corrected chi connectivity index (χ2v) is 5.08. The number of hydrogen-bond donors (Lipinski definition) is 1. The van der Waals surface area contributed by atoms with E-state index in [9.17, 15) is 10.1 Å². The van der Waals surface area contributed by atoms with E-state index in [-0.39, 0.29) is 16.0 Å². The molecule has 1 aromatic carbocycles. The van der Waals surface area contributed by atoms with Crippen LogP contribution in [-0.2, 0) is 4.74 Å². The first kappa shape index (κ1) is 12.8. The van der Waals surface area contributed by atoms with Crippen LogP contribution < -0.4 is 5.32 Å². The second-order valence-electron chi connectivity index (χ2n) is 5.08. The standard InChI is InChI=1S/C13H18N2O3/c1-13(6-8-18-9-7-13)10-14-11-2-4-12(5-3-11)15(16)17/h2-5,14H,6-10H2,1H3.